The fourth-order valence-electron chi connectivity index (χ4n) is 2.08. The summed E-state index contributed by atoms with van der Waals surface area (Å²) in [4.78, 5) is 10.9. The summed E-state index contributed by atoms with van der Waals surface area (Å²) in [6.45, 7) is 0.111. The lowest BCUT2D eigenvalue weighted by atomic mass is 10.1. The number of benzene rings is 2. The first-order valence-corrected chi connectivity index (χ1v) is 8.55. The zero-order valence-electron chi connectivity index (χ0n) is 12.2. The third-order valence-electron chi connectivity index (χ3n) is 3.21. The van der Waals surface area contributed by atoms with Gasteiger partial charge in [-0.3, -0.25) is 0 Å². The Labute approximate surface area is 133 Å². The van der Waals surface area contributed by atoms with Crippen LogP contribution in [0.5, 0.6) is 0 Å². The maximum Gasteiger partial charge on any atom is 0.335 e. The average Bonchev–Trinajstić information content (AvgIpc) is 2.49. The van der Waals surface area contributed by atoms with Gasteiger partial charge in [0.2, 0.25) is 10.0 Å². The molecular weight excluding hydrogens is 321 g/mol. The molecule has 0 fully saturated rings. The van der Waals surface area contributed by atoms with Crippen LogP contribution in [-0.4, -0.2) is 26.0 Å². The molecule has 0 heterocycles. The van der Waals surface area contributed by atoms with Crippen molar-refractivity contribution in [3.05, 3.63) is 71.0 Å². The van der Waals surface area contributed by atoms with Crippen molar-refractivity contribution < 1.29 is 22.7 Å². The highest BCUT2D eigenvalue weighted by Crippen LogP contribution is 2.10. The topological polar surface area (TPSA) is 83.5 Å². The fourth-order valence-corrected chi connectivity index (χ4v) is 3.24. The molecule has 2 aromatic rings. The quantitative estimate of drug-likeness (QED) is 0.811. The van der Waals surface area contributed by atoms with Gasteiger partial charge in [-0.1, -0.05) is 30.3 Å². The van der Waals surface area contributed by atoms with Crippen LogP contribution in [0.2, 0.25) is 0 Å². The van der Waals surface area contributed by atoms with Gasteiger partial charge in [-0.2, -0.15) is 0 Å². The average molecular weight is 337 g/mol. The highest BCUT2D eigenvalue weighted by Gasteiger charge is 2.14. The molecule has 23 heavy (non-hydrogen) atoms. The molecule has 122 valence electrons. The molecule has 0 spiro atoms. The molecule has 0 atom stereocenters. The molecular formula is C16H16FNO4S. The molecule has 7 heteroatoms. The summed E-state index contributed by atoms with van der Waals surface area (Å²) in [5, 5.41) is 8.91. The predicted molar refractivity (Wildman–Crippen MR) is 84.1 cm³/mol. The van der Waals surface area contributed by atoms with Crippen molar-refractivity contribution in [3.8, 4) is 0 Å². The normalized spacial score (nSPS) is 11.3. The molecule has 0 amide bonds. The molecule has 0 bridgehead atoms. The van der Waals surface area contributed by atoms with Gasteiger partial charge < -0.3 is 5.11 Å². The number of hydrogen-bond acceptors (Lipinski definition) is 3. The van der Waals surface area contributed by atoms with E-state index in [1.807, 2.05) is 0 Å². The maximum absolute atomic E-state index is 13.5. The zero-order valence-corrected chi connectivity index (χ0v) is 13.0. The van der Waals surface area contributed by atoms with Crippen LogP contribution in [0.4, 0.5) is 4.39 Å². The van der Waals surface area contributed by atoms with E-state index >= 15 is 0 Å². The second-order valence-electron chi connectivity index (χ2n) is 5.00. The molecule has 0 aromatic heterocycles. The molecule has 0 unspecified atom stereocenters. The second kappa shape index (κ2) is 7.34. The lowest BCUT2D eigenvalue weighted by molar-refractivity contribution is 0.0696. The lowest BCUT2D eigenvalue weighted by Crippen LogP contribution is -2.27. The molecule has 0 saturated heterocycles. The van der Waals surface area contributed by atoms with Gasteiger partial charge in [0, 0.05) is 12.1 Å². The molecule has 0 aliphatic rings. The van der Waals surface area contributed by atoms with Crippen LogP contribution in [-0.2, 0) is 22.2 Å². The van der Waals surface area contributed by atoms with Crippen LogP contribution >= 0.6 is 0 Å². The Hall–Kier alpha value is -2.25. The van der Waals surface area contributed by atoms with Crippen LogP contribution in [0.1, 0.15) is 21.5 Å². The Morgan fingerprint density at radius 2 is 1.87 bits per heavy atom. The largest absolute Gasteiger partial charge is 0.478 e. The Bertz CT molecular complexity index is 805. The molecule has 0 saturated carbocycles. The monoisotopic (exact) mass is 337 g/mol. The zero-order chi connectivity index (χ0) is 16.9. The van der Waals surface area contributed by atoms with Gasteiger partial charge >= 0.3 is 5.97 Å². The van der Waals surface area contributed by atoms with Crippen molar-refractivity contribution in [2.75, 3.05) is 6.54 Å². The van der Waals surface area contributed by atoms with Crippen LogP contribution < -0.4 is 4.72 Å². The first kappa shape index (κ1) is 17.1. The number of aromatic carboxylic acids is 1. The van der Waals surface area contributed by atoms with Gasteiger partial charge in [-0.15, -0.1) is 0 Å². The third kappa shape index (κ3) is 5.15. The van der Waals surface area contributed by atoms with E-state index in [9.17, 15) is 17.6 Å². The van der Waals surface area contributed by atoms with Gasteiger partial charge in [-0.25, -0.2) is 22.3 Å². The van der Waals surface area contributed by atoms with Crippen molar-refractivity contribution in [2.24, 2.45) is 0 Å². The van der Waals surface area contributed by atoms with Gasteiger partial charge in [0.1, 0.15) is 5.82 Å². The number of rotatable bonds is 7. The van der Waals surface area contributed by atoms with Gasteiger partial charge in [-0.05, 0) is 30.2 Å². The molecule has 0 aliphatic heterocycles. The Kier molecular flexibility index (Phi) is 5.46. The third-order valence-corrected chi connectivity index (χ3v) is 4.55. The number of carboxylic acid groups (broad SMARTS) is 1. The van der Waals surface area contributed by atoms with Crippen molar-refractivity contribution in [3.63, 3.8) is 0 Å². The number of carboxylic acids is 1. The van der Waals surface area contributed by atoms with Crippen LogP contribution in [0.3, 0.4) is 0 Å². The van der Waals surface area contributed by atoms with Crippen molar-refractivity contribution in [1.29, 1.82) is 0 Å². The van der Waals surface area contributed by atoms with Gasteiger partial charge in [0.25, 0.3) is 0 Å². The van der Waals surface area contributed by atoms with E-state index in [1.54, 1.807) is 18.2 Å². The van der Waals surface area contributed by atoms with E-state index in [-0.39, 0.29) is 17.7 Å². The van der Waals surface area contributed by atoms with E-state index in [1.165, 1.54) is 30.3 Å². The summed E-state index contributed by atoms with van der Waals surface area (Å²) < 4.78 is 39.8. The highest BCUT2D eigenvalue weighted by atomic mass is 32.2. The van der Waals surface area contributed by atoms with E-state index in [2.05, 4.69) is 4.72 Å². The predicted octanol–water partition coefficient (Wildman–Crippen LogP) is 2.19. The van der Waals surface area contributed by atoms with Crippen molar-refractivity contribution >= 4 is 16.0 Å². The number of halogens is 1. The SMILES string of the molecule is O=C(O)c1cccc(CCNS(=O)(=O)Cc2ccccc2F)c1. The summed E-state index contributed by atoms with van der Waals surface area (Å²) in [6, 6.07) is 12.0. The van der Waals surface area contributed by atoms with Gasteiger partial charge in [0.05, 0.1) is 11.3 Å². The Balaban J connectivity index is 1.94. The second-order valence-corrected chi connectivity index (χ2v) is 6.81. The summed E-state index contributed by atoms with van der Waals surface area (Å²) in [5.74, 6) is -2.03. The minimum Gasteiger partial charge on any atom is -0.478 e. The summed E-state index contributed by atoms with van der Waals surface area (Å²) in [5.41, 5.74) is 0.961. The molecule has 2 aromatic carbocycles. The van der Waals surface area contributed by atoms with Crippen LogP contribution in [0, 0.1) is 5.82 Å². The number of hydrogen-bond donors (Lipinski definition) is 2. The van der Waals surface area contributed by atoms with Crippen molar-refractivity contribution in [2.45, 2.75) is 12.2 Å². The first-order valence-electron chi connectivity index (χ1n) is 6.90. The summed E-state index contributed by atoms with van der Waals surface area (Å²) in [7, 11) is -3.66. The molecule has 0 radical (unpaired) electrons. The Morgan fingerprint density at radius 3 is 2.57 bits per heavy atom. The molecule has 5 nitrogen and oxygen atoms in total. The molecule has 2 rings (SSSR count). The fraction of sp³-hybridized carbons (Fsp3) is 0.188. The highest BCUT2D eigenvalue weighted by molar-refractivity contribution is 7.88. The summed E-state index contributed by atoms with van der Waals surface area (Å²) in [6.07, 6.45) is 0.345. The van der Waals surface area contributed by atoms with Gasteiger partial charge in [0.15, 0.2) is 0 Å². The summed E-state index contributed by atoms with van der Waals surface area (Å²) >= 11 is 0. The smallest absolute Gasteiger partial charge is 0.335 e. The van der Waals surface area contributed by atoms with E-state index in [4.69, 9.17) is 5.11 Å². The van der Waals surface area contributed by atoms with Crippen LogP contribution in [0.15, 0.2) is 48.5 Å². The number of sulfonamides is 1. The minimum atomic E-state index is -3.66. The van der Waals surface area contributed by atoms with Crippen LogP contribution in [0.25, 0.3) is 0 Å². The number of carbonyl (C=O) groups is 1. The van der Waals surface area contributed by atoms with E-state index in [0.717, 1.165) is 0 Å². The van der Waals surface area contributed by atoms with Crippen molar-refractivity contribution in [1.82, 2.24) is 4.72 Å². The minimum absolute atomic E-state index is 0.105. The standard InChI is InChI=1S/C16H16FNO4S/c17-15-7-2-1-5-14(15)11-23(21,22)18-9-8-12-4-3-6-13(10-12)16(19)20/h1-7,10,18H,8-9,11H2,(H,19,20). The Morgan fingerprint density at radius 1 is 1.13 bits per heavy atom. The maximum atomic E-state index is 13.5. The molecule has 0 aliphatic carbocycles. The van der Waals surface area contributed by atoms with E-state index in [0.29, 0.717) is 12.0 Å². The lowest BCUT2D eigenvalue weighted by Gasteiger charge is -2.08. The van der Waals surface area contributed by atoms with E-state index < -0.39 is 27.6 Å². The number of nitrogens with one attached hydrogen (secondary N) is 1. The molecule has 2 N–H and O–H groups in total. The first-order chi connectivity index (χ1) is 10.9.